The van der Waals surface area contributed by atoms with Crippen molar-refractivity contribution < 1.29 is 9.84 Å². The monoisotopic (exact) mass is 238 g/mol. The highest BCUT2D eigenvalue weighted by molar-refractivity contribution is 5.20. The second kappa shape index (κ2) is 3.48. The number of epoxide rings is 1. The first-order valence-corrected chi connectivity index (χ1v) is 7.28. The van der Waals surface area contributed by atoms with E-state index in [1.165, 1.54) is 19.3 Å². The molecule has 2 heteroatoms. The third kappa shape index (κ3) is 1.40. The smallest absolute Gasteiger partial charge is 0.0954 e. The van der Waals surface area contributed by atoms with Crippen molar-refractivity contribution in [2.75, 3.05) is 0 Å². The normalized spacial score (nSPS) is 57.5. The van der Waals surface area contributed by atoms with Gasteiger partial charge >= 0.3 is 0 Å². The van der Waals surface area contributed by atoms with Crippen molar-refractivity contribution in [3.63, 3.8) is 0 Å². The van der Waals surface area contributed by atoms with Gasteiger partial charge in [-0.05, 0) is 50.4 Å². The lowest BCUT2D eigenvalue weighted by Crippen LogP contribution is -2.52. The fourth-order valence-electron chi connectivity index (χ4n) is 4.76. The van der Waals surface area contributed by atoms with Gasteiger partial charge in [-0.15, -0.1) is 0 Å². The molecule has 1 heterocycles. The molecule has 1 saturated heterocycles. The van der Waals surface area contributed by atoms with Gasteiger partial charge in [0.05, 0.1) is 17.8 Å². The maximum Gasteiger partial charge on any atom is 0.0954 e. The fraction of sp³-hybridized carbons (Fsp3) is 1.00. The van der Waals surface area contributed by atoms with Crippen LogP contribution < -0.4 is 0 Å². The number of rotatable bonds is 1. The molecule has 0 amide bonds. The van der Waals surface area contributed by atoms with E-state index in [0.29, 0.717) is 23.9 Å². The molecule has 2 nitrogen and oxygen atoms in total. The van der Waals surface area contributed by atoms with Crippen LogP contribution in [0.15, 0.2) is 0 Å². The van der Waals surface area contributed by atoms with Gasteiger partial charge in [-0.25, -0.2) is 0 Å². The molecular formula is C15H26O2. The molecule has 0 aromatic rings. The van der Waals surface area contributed by atoms with Crippen molar-refractivity contribution in [2.45, 2.75) is 71.2 Å². The molecule has 17 heavy (non-hydrogen) atoms. The first kappa shape index (κ1) is 12.0. The van der Waals surface area contributed by atoms with Gasteiger partial charge < -0.3 is 9.84 Å². The Morgan fingerprint density at radius 1 is 1.24 bits per heavy atom. The Bertz CT molecular complexity index is 327. The summed E-state index contributed by atoms with van der Waals surface area (Å²) in [5, 5.41) is 10.9. The largest absolute Gasteiger partial charge is 0.392 e. The molecule has 1 N–H and O–H groups in total. The first-order valence-electron chi connectivity index (χ1n) is 7.28. The topological polar surface area (TPSA) is 32.8 Å². The van der Waals surface area contributed by atoms with E-state index >= 15 is 0 Å². The molecule has 3 rings (SSSR count). The third-order valence-corrected chi connectivity index (χ3v) is 6.09. The summed E-state index contributed by atoms with van der Waals surface area (Å²) in [6.45, 7) is 9.05. The van der Waals surface area contributed by atoms with Crippen molar-refractivity contribution in [3.8, 4) is 0 Å². The van der Waals surface area contributed by atoms with Crippen LogP contribution in [0.5, 0.6) is 0 Å². The standard InChI is InChI=1S/C15H26O2/c1-9(2)11-6-5-10(3)15(12(11)16)8-7-14(4)13(15)17-14/h9-13,16H,5-8H2,1-4H3/t10-,11+,12-,13?,14?,15-/m0/s1. The van der Waals surface area contributed by atoms with Crippen molar-refractivity contribution in [1.29, 1.82) is 0 Å². The number of fused-ring (bicyclic) bond motifs is 2. The van der Waals surface area contributed by atoms with Crippen LogP contribution in [0.2, 0.25) is 0 Å². The summed E-state index contributed by atoms with van der Waals surface area (Å²) >= 11 is 0. The predicted molar refractivity (Wildman–Crippen MR) is 67.7 cm³/mol. The molecular weight excluding hydrogens is 212 g/mol. The van der Waals surface area contributed by atoms with Crippen LogP contribution in [0.4, 0.5) is 0 Å². The van der Waals surface area contributed by atoms with E-state index in [0.717, 1.165) is 6.42 Å². The molecule has 0 aromatic heterocycles. The average Bonchev–Trinajstić information content (AvgIpc) is 2.84. The van der Waals surface area contributed by atoms with E-state index in [2.05, 4.69) is 27.7 Å². The van der Waals surface area contributed by atoms with Crippen molar-refractivity contribution in [1.82, 2.24) is 0 Å². The summed E-state index contributed by atoms with van der Waals surface area (Å²) in [6.07, 6.45) is 4.94. The molecule has 98 valence electrons. The van der Waals surface area contributed by atoms with Gasteiger partial charge in [-0.1, -0.05) is 20.8 Å². The van der Waals surface area contributed by atoms with E-state index in [1.807, 2.05) is 0 Å². The van der Waals surface area contributed by atoms with E-state index in [9.17, 15) is 5.11 Å². The molecule has 3 aliphatic rings. The Kier molecular flexibility index (Phi) is 2.45. The second-order valence-electron chi connectivity index (χ2n) is 7.25. The minimum absolute atomic E-state index is 0.0714. The van der Waals surface area contributed by atoms with Gasteiger partial charge in [0.1, 0.15) is 0 Å². The molecule has 6 atom stereocenters. The molecule has 2 aliphatic carbocycles. The lowest BCUT2D eigenvalue weighted by Gasteiger charge is -2.49. The number of aliphatic hydroxyl groups is 1. The average molecular weight is 238 g/mol. The molecule has 0 bridgehead atoms. The maximum absolute atomic E-state index is 10.9. The SMILES string of the molecule is CC(C)[C@H]1CC[C@H](C)[C@@]2(CCC3(C)OC32)[C@H]1O. The number of hydrogen-bond donors (Lipinski definition) is 1. The summed E-state index contributed by atoms with van der Waals surface area (Å²) < 4.78 is 5.94. The lowest BCUT2D eigenvalue weighted by atomic mass is 9.58. The predicted octanol–water partition coefficient (Wildman–Crippen LogP) is 2.99. The van der Waals surface area contributed by atoms with Gasteiger partial charge in [0, 0.05) is 5.41 Å². The molecule has 3 fully saturated rings. The molecule has 1 aliphatic heterocycles. The van der Waals surface area contributed by atoms with Crippen molar-refractivity contribution in [2.24, 2.45) is 23.2 Å². The minimum Gasteiger partial charge on any atom is -0.392 e. The number of ether oxygens (including phenoxy) is 1. The van der Waals surface area contributed by atoms with Gasteiger partial charge in [-0.3, -0.25) is 0 Å². The zero-order valence-corrected chi connectivity index (χ0v) is 11.6. The summed E-state index contributed by atoms with van der Waals surface area (Å²) in [7, 11) is 0. The quantitative estimate of drug-likeness (QED) is 0.712. The maximum atomic E-state index is 10.9. The van der Waals surface area contributed by atoms with Crippen LogP contribution in [-0.4, -0.2) is 22.9 Å². The van der Waals surface area contributed by atoms with Crippen LogP contribution in [0, 0.1) is 23.2 Å². The fourth-order valence-corrected chi connectivity index (χ4v) is 4.76. The highest BCUT2D eigenvalue weighted by Crippen LogP contribution is 2.67. The zero-order chi connectivity index (χ0) is 12.4. The number of aliphatic hydroxyl groups excluding tert-OH is 1. The molecule has 0 aromatic carbocycles. The number of hydrogen-bond acceptors (Lipinski definition) is 2. The Morgan fingerprint density at radius 2 is 1.94 bits per heavy atom. The lowest BCUT2D eigenvalue weighted by molar-refractivity contribution is -0.114. The Balaban J connectivity index is 1.91. The molecule has 0 radical (unpaired) electrons. The Morgan fingerprint density at radius 3 is 2.41 bits per heavy atom. The Hall–Kier alpha value is -0.0800. The van der Waals surface area contributed by atoms with Crippen LogP contribution in [-0.2, 0) is 4.74 Å². The molecule has 1 spiro atoms. The highest BCUT2D eigenvalue weighted by atomic mass is 16.6. The van der Waals surface area contributed by atoms with Crippen LogP contribution >= 0.6 is 0 Å². The van der Waals surface area contributed by atoms with Crippen LogP contribution in [0.1, 0.15) is 53.4 Å². The van der Waals surface area contributed by atoms with Crippen molar-refractivity contribution >= 4 is 0 Å². The van der Waals surface area contributed by atoms with E-state index < -0.39 is 0 Å². The first-order chi connectivity index (χ1) is 7.92. The van der Waals surface area contributed by atoms with Gasteiger partial charge in [0.15, 0.2) is 0 Å². The molecule has 2 unspecified atom stereocenters. The Labute approximate surface area is 105 Å². The summed E-state index contributed by atoms with van der Waals surface area (Å²) in [5.74, 6) is 1.67. The third-order valence-electron chi connectivity index (χ3n) is 6.09. The minimum atomic E-state index is -0.152. The van der Waals surface area contributed by atoms with Crippen LogP contribution in [0.25, 0.3) is 0 Å². The summed E-state index contributed by atoms with van der Waals surface area (Å²) in [6, 6.07) is 0. The van der Waals surface area contributed by atoms with Gasteiger partial charge in [-0.2, -0.15) is 0 Å². The van der Waals surface area contributed by atoms with E-state index in [-0.39, 0.29) is 17.1 Å². The van der Waals surface area contributed by atoms with Gasteiger partial charge in [0.2, 0.25) is 0 Å². The molecule has 2 saturated carbocycles. The van der Waals surface area contributed by atoms with E-state index in [4.69, 9.17) is 4.74 Å². The zero-order valence-electron chi connectivity index (χ0n) is 11.6. The van der Waals surface area contributed by atoms with Gasteiger partial charge in [0.25, 0.3) is 0 Å². The van der Waals surface area contributed by atoms with Crippen LogP contribution in [0.3, 0.4) is 0 Å². The summed E-state index contributed by atoms with van der Waals surface area (Å²) in [4.78, 5) is 0. The van der Waals surface area contributed by atoms with E-state index in [1.54, 1.807) is 0 Å². The highest BCUT2D eigenvalue weighted by Gasteiger charge is 2.72. The van der Waals surface area contributed by atoms with Crippen molar-refractivity contribution in [3.05, 3.63) is 0 Å². The summed E-state index contributed by atoms with van der Waals surface area (Å²) in [5.41, 5.74) is 0.177. The second-order valence-corrected chi connectivity index (χ2v) is 7.25.